The summed E-state index contributed by atoms with van der Waals surface area (Å²) in [5, 5.41) is 9.41. The number of fused-ring (bicyclic) bond motifs is 1. The first-order valence-electron chi connectivity index (χ1n) is 6.76. The summed E-state index contributed by atoms with van der Waals surface area (Å²) in [5.41, 5.74) is 1.56. The van der Waals surface area contributed by atoms with Crippen LogP contribution in [0, 0.1) is 13.8 Å². The Bertz CT molecular complexity index is 829. The molecule has 1 N–H and O–H groups in total. The van der Waals surface area contributed by atoms with Gasteiger partial charge in [-0.25, -0.2) is 9.78 Å². The van der Waals surface area contributed by atoms with Gasteiger partial charge in [0.25, 0.3) is 0 Å². The van der Waals surface area contributed by atoms with Gasteiger partial charge >= 0.3 is 5.97 Å². The van der Waals surface area contributed by atoms with Gasteiger partial charge in [-0.05, 0) is 45.0 Å². The minimum absolute atomic E-state index is 0.121. The highest BCUT2D eigenvalue weighted by Crippen LogP contribution is 2.29. The maximum atomic E-state index is 11.5. The minimum atomic E-state index is -0.954. The number of hydrogen-bond acceptors (Lipinski definition) is 3. The quantitative estimate of drug-likeness (QED) is 0.798. The van der Waals surface area contributed by atoms with E-state index in [1.807, 2.05) is 43.5 Å². The average molecular weight is 284 g/mol. The van der Waals surface area contributed by atoms with Crippen molar-refractivity contribution >= 4 is 17.0 Å². The first-order valence-corrected chi connectivity index (χ1v) is 6.76. The lowest BCUT2D eigenvalue weighted by atomic mass is 10.1. The van der Waals surface area contributed by atoms with Gasteiger partial charge in [0.15, 0.2) is 0 Å². The zero-order chi connectivity index (χ0) is 15.1. The van der Waals surface area contributed by atoms with E-state index in [0.29, 0.717) is 11.0 Å². The maximum absolute atomic E-state index is 11.5. The normalized spacial score (nSPS) is 12.7. The molecule has 0 saturated heterocycles. The molecule has 1 unspecified atom stereocenters. The Morgan fingerprint density at radius 3 is 2.67 bits per heavy atom. The molecule has 2 heterocycles. The third kappa shape index (κ3) is 2.11. The first-order chi connectivity index (χ1) is 9.99. The number of hydrogen-bond donors (Lipinski definition) is 1. The van der Waals surface area contributed by atoms with E-state index in [4.69, 9.17) is 4.42 Å². The molecule has 108 valence electrons. The summed E-state index contributed by atoms with van der Waals surface area (Å²) in [7, 11) is 0. The lowest BCUT2D eigenvalue weighted by Crippen LogP contribution is -2.10. The smallest absolute Gasteiger partial charge is 0.337 e. The molecular formula is C16H16N2O3. The van der Waals surface area contributed by atoms with E-state index >= 15 is 0 Å². The molecule has 3 rings (SSSR count). The van der Waals surface area contributed by atoms with Gasteiger partial charge in [0.2, 0.25) is 0 Å². The zero-order valence-electron chi connectivity index (χ0n) is 12.1. The number of imidazole rings is 1. The van der Waals surface area contributed by atoms with Gasteiger partial charge in [0.1, 0.15) is 17.3 Å². The van der Waals surface area contributed by atoms with Crippen LogP contribution < -0.4 is 0 Å². The highest BCUT2D eigenvalue weighted by molar-refractivity contribution is 6.01. The number of para-hydroxylation sites is 1. The number of carboxylic acid groups (broad SMARTS) is 1. The summed E-state index contributed by atoms with van der Waals surface area (Å²) >= 11 is 0. The Hall–Kier alpha value is -2.56. The van der Waals surface area contributed by atoms with Crippen LogP contribution in [0.25, 0.3) is 11.0 Å². The molecule has 21 heavy (non-hydrogen) atoms. The molecule has 0 spiro atoms. The number of benzene rings is 1. The van der Waals surface area contributed by atoms with E-state index < -0.39 is 5.97 Å². The summed E-state index contributed by atoms with van der Waals surface area (Å²) in [6.45, 7) is 5.74. The predicted molar refractivity (Wildman–Crippen MR) is 78.7 cm³/mol. The zero-order valence-corrected chi connectivity index (χ0v) is 12.1. The molecule has 0 fully saturated rings. The molecule has 5 heteroatoms. The Labute approximate surface area is 121 Å². The van der Waals surface area contributed by atoms with Crippen molar-refractivity contribution < 1.29 is 14.3 Å². The van der Waals surface area contributed by atoms with Crippen molar-refractivity contribution in [1.82, 2.24) is 9.55 Å². The lowest BCUT2D eigenvalue weighted by Gasteiger charge is -2.15. The van der Waals surface area contributed by atoms with E-state index in [1.165, 1.54) is 0 Å². The first kappa shape index (κ1) is 13.4. The molecule has 3 aromatic rings. The summed E-state index contributed by atoms with van der Waals surface area (Å²) in [4.78, 5) is 15.9. The van der Waals surface area contributed by atoms with Crippen molar-refractivity contribution in [3.05, 3.63) is 53.2 Å². The standard InChI is InChI=1S/C16H16N2O3/c1-9-7-8-14(21-9)10(2)18-11(3)17-13-6-4-5-12(15(13)18)16(19)20/h4-8,10H,1-3H3,(H,19,20). The van der Waals surface area contributed by atoms with E-state index in [9.17, 15) is 9.90 Å². The summed E-state index contributed by atoms with van der Waals surface area (Å²) in [6.07, 6.45) is 0. The van der Waals surface area contributed by atoms with Crippen molar-refractivity contribution in [2.75, 3.05) is 0 Å². The highest BCUT2D eigenvalue weighted by atomic mass is 16.4. The molecule has 0 radical (unpaired) electrons. The Kier molecular flexibility index (Phi) is 3.05. The number of furan rings is 1. The second kappa shape index (κ2) is 4.77. The second-order valence-electron chi connectivity index (χ2n) is 5.13. The SMILES string of the molecule is Cc1ccc(C(C)n2c(C)nc3cccc(C(=O)O)c32)o1. The number of rotatable bonds is 3. The fraction of sp³-hybridized carbons (Fsp3) is 0.250. The van der Waals surface area contributed by atoms with Crippen LogP contribution in [0.15, 0.2) is 34.7 Å². The molecule has 0 aliphatic carbocycles. The van der Waals surface area contributed by atoms with Gasteiger partial charge in [-0.2, -0.15) is 0 Å². The molecule has 0 aliphatic rings. The number of aromatic nitrogens is 2. The fourth-order valence-corrected chi connectivity index (χ4v) is 2.72. The van der Waals surface area contributed by atoms with Gasteiger partial charge in [0.05, 0.1) is 22.6 Å². The average Bonchev–Trinajstić information content (AvgIpc) is 3.00. The Balaban J connectivity index is 2.26. The van der Waals surface area contributed by atoms with Crippen LogP contribution >= 0.6 is 0 Å². The number of carbonyl (C=O) groups is 1. The van der Waals surface area contributed by atoms with Crippen LogP contribution in [0.3, 0.4) is 0 Å². The molecule has 0 aliphatic heterocycles. The van der Waals surface area contributed by atoms with Crippen LogP contribution in [0.1, 0.15) is 40.7 Å². The van der Waals surface area contributed by atoms with Crippen LogP contribution in [-0.4, -0.2) is 20.6 Å². The highest BCUT2D eigenvalue weighted by Gasteiger charge is 2.21. The van der Waals surface area contributed by atoms with Gasteiger partial charge in [-0.15, -0.1) is 0 Å². The molecule has 1 aromatic carbocycles. The maximum Gasteiger partial charge on any atom is 0.337 e. The van der Waals surface area contributed by atoms with Crippen molar-refractivity contribution in [3.63, 3.8) is 0 Å². The molecule has 2 aromatic heterocycles. The Morgan fingerprint density at radius 2 is 2.05 bits per heavy atom. The number of nitrogens with zero attached hydrogens (tertiary/aromatic N) is 2. The van der Waals surface area contributed by atoms with Gasteiger partial charge < -0.3 is 14.1 Å². The van der Waals surface area contributed by atoms with Gasteiger partial charge in [-0.1, -0.05) is 6.07 Å². The van der Waals surface area contributed by atoms with Gasteiger partial charge in [-0.3, -0.25) is 0 Å². The molecule has 0 bridgehead atoms. The third-order valence-corrected chi connectivity index (χ3v) is 3.68. The Morgan fingerprint density at radius 1 is 1.29 bits per heavy atom. The molecule has 5 nitrogen and oxygen atoms in total. The van der Waals surface area contributed by atoms with E-state index in [0.717, 1.165) is 17.3 Å². The minimum Gasteiger partial charge on any atom is -0.478 e. The van der Waals surface area contributed by atoms with Gasteiger partial charge in [0, 0.05) is 0 Å². The van der Waals surface area contributed by atoms with Crippen LogP contribution in [0.5, 0.6) is 0 Å². The van der Waals surface area contributed by atoms with E-state index in [-0.39, 0.29) is 11.6 Å². The van der Waals surface area contributed by atoms with Crippen LogP contribution in [0.2, 0.25) is 0 Å². The van der Waals surface area contributed by atoms with E-state index in [2.05, 4.69) is 4.98 Å². The topological polar surface area (TPSA) is 68.3 Å². The largest absolute Gasteiger partial charge is 0.478 e. The number of aromatic carboxylic acids is 1. The van der Waals surface area contributed by atoms with Crippen molar-refractivity contribution in [2.45, 2.75) is 26.8 Å². The van der Waals surface area contributed by atoms with Crippen molar-refractivity contribution in [1.29, 1.82) is 0 Å². The number of carboxylic acids is 1. The number of aryl methyl sites for hydroxylation is 2. The van der Waals surface area contributed by atoms with Crippen molar-refractivity contribution in [3.8, 4) is 0 Å². The summed E-state index contributed by atoms with van der Waals surface area (Å²) < 4.78 is 7.59. The molecule has 1 atom stereocenters. The van der Waals surface area contributed by atoms with Crippen LogP contribution in [-0.2, 0) is 0 Å². The van der Waals surface area contributed by atoms with Crippen LogP contribution in [0.4, 0.5) is 0 Å². The lowest BCUT2D eigenvalue weighted by molar-refractivity contribution is 0.0698. The van der Waals surface area contributed by atoms with Crippen molar-refractivity contribution in [2.24, 2.45) is 0 Å². The molecule has 0 saturated carbocycles. The monoisotopic (exact) mass is 284 g/mol. The fourth-order valence-electron chi connectivity index (χ4n) is 2.72. The predicted octanol–water partition coefficient (Wildman–Crippen LogP) is 3.55. The third-order valence-electron chi connectivity index (χ3n) is 3.68. The summed E-state index contributed by atoms with van der Waals surface area (Å²) in [5.74, 6) is 1.43. The molecular weight excluding hydrogens is 268 g/mol. The molecule has 0 amide bonds. The summed E-state index contributed by atoms with van der Waals surface area (Å²) in [6, 6.07) is 8.83. The van der Waals surface area contributed by atoms with E-state index in [1.54, 1.807) is 12.1 Å². The second-order valence-corrected chi connectivity index (χ2v) is 5.13.